The van der Waals surface area contributed by atoms with Gasteiger partial charge >= 0.3 is 12.3 Å². The molecule has 0 saturated carbocycles. The molecule has 1 rings (SSSR count). The van der Waals surface area contributed by atoms with Crippen LogP contribution in [0, 0.1) is 17.0 Å². The van der Waals surface area contributed by atoms with Gasteiger partial charge < -0.3 is 5.32 Å². The maximum atomic E-state index is 12.7. The van der Waals surface area contributed by atoms with Gasteiger partial charge in [0.15, 0.2) is 0 Å². The number of nitro benzene ring substituents is 1. The summed E-state index contributed by atoms with van der Waals surface area (Å²) in [6, 6.07) is 3.80. The summed E-state index contributed by atoms with van der Waals surface area (Å²) >= 11 is 0. The lowest BCUT2D eigenvalue weighted by atomic mass is 10.1. The molecule has 0 saturated heterocycles. The lowest BCUT2D eigenvalue weighted by molar-refractivity contribution is -0.385. The average molecular weight is 266 g/mol. The highest BCUT2D eigenvalue weighted by atomic mass is 19.3. The van der Waals surface area contributed by atoms with Gasteiger partial charge in [0.1, 0.15) is 0 Å². The minimum Gasteiger partial charge on any atom is -0.378 e. The van der Waals surface area contributed by atoms with Crippen LogP contribution in [0.1, 0.15) is 5.56 Å². The molecule has 0 heterocycles. The van der Waals surface area contributed by atoms with Crippen LogP contribution < -0.4 is 5.32 Å². The fourth-order valence-corrected chi connectivity index (χ4v) is 1.30. The topological polar surface area (TPSA) is 55.2 Å². The lowest BCUT2D eigenvalue weighted by Crippen LogP contribution is -2.35. The van der Waals surface area contributed by atoms with Crippen molar-refractivity contribution in [2.45, 2.75) is 19.3 Å². The van der Waals surface area contributed by atoms with Gasteiger partial charge in [-0.2, -0.15) is 8.78 Å². The molecule has 1 N–H and O–H groups in total. The van der Waals surface area contributed by atoms with E-state index in [-0.39, 0.29) is 16.9 Å². The maximum absolute atomic E-state index is 12.7. The molecule has 0 aliphatic heterocycles. The molecule has 0 unspecified atom stereocenters. The summed E-state index contributed by atoms with van der Waals surface area (Å²) in [7, 11) is 0. The SMILES string of the molecule is Cc1c(NCC(F)(F)C(F)F)cccc1[N+](=O)[O-]. The number of nitrogens with one attached hydrogen (secondary N) is 1. The molecular weight excluding hydrogens is 256 g/mol. The number of nitro groups is 1. The van der Waals surface area contributed by atoms with Gasteiger partial charge in [0.25, 0.3) is 5.69 Å². The van der Waals surface area contributed by atoms with Crippen LogP contribution in [0.25, 0.3) is 0 Å². The van der Waals surface area contributed by atoms with Crippen molar-refractivity contribution in [1.82, 2.24) is 0 Å². The molecule has 100 valence electrons. The van der Waals surface area contributed by atoms with Crippen molar-refractivity contribution in [3.8, 4) is 0 Å². The van der Waals surface area contributed by atoms with Gasteiger partial charge in [-0.15, -0.1) is 0 Å². The van der Waals surface area contributed by atoms with Crippen molar-refractivity contribution in [2.24, 2.45) is 0 Å². The first kappa shape index (κ1) is 14.2. The smallest absolute Gasteiger partial charge is 0.324 e. The normalized spacial score (nSPS) is 11.7. The van der Waals surface area contributed by atoms with E-state index < -0.39 is 23.8 Å². The minimum atomic E-state index is -4.18. The van der Waals surface area contributed by atoms with Gasteiger partial charge in [0, 0.05) is 17.3 Å². The minimum absolute atomic E-state index is 0.0320. The quantitative estimate of drug-likeness (QED) is 0.505. The second-order valence-corrected chi connectivity index (χ2v) is 3.62. The molecule has 0 atom stereocenters. The van der Waals surface area contributed by atoms with Crippen LogP contribution in [0.4, 0.5) is 28.9 Å². The van der Waals surface area contributed by atoms with E-state index in [0.717, 1.165) is 0 Å². The van der Waals surface area contributed by atoms with Crippen LogP contribution in [0.3, 0.4) is 0 Å². The summed E-state index contributed by atoms with van der Waals surface area (Å²) in [6.45, 7) is 0.0632. The van der Waals surface area contributed by atoms with E-state index in [9.17, 15) is 27.7 Å². The fraction of sp³-hybridized carbons (Fsp3) is 0.400. The molecule has 0 radical (unpaired) electrons. The van der Waals surface area contributed by atoms with E-state index in [1.165, 1.54) is 25.1 Å². The monoisotopic (exact) mass is 266 g/mol. The summed E-state index contributed by atoms with van der Waals surface area (Å²) in [4.78, 5) is 9.92. The summed E-state index contributed by atoms with van der Waals surface area (Å²) < 4.78 is 49.2. The van der Waals surface area contributed by atoms with Crippen molar-refractivity contribution >= 4 is 11.4 Å². The number of nitrogens with zero attached hydrogens (tertiary/aromatic N) is 1. The van der Waals surface area contributed by atoms with Gasteiger partial charge in [0.05, 0.1) is 11.5 Å². The van der Waals surface area contributed by atoms with E-state index >= 15 is 0 Å². The number of anilines is 1. The molecule has 0 amide bonds. The number of alkyl halides is 4. The molecule has 0 aliphatic rings. The van der Waals surface area contributed by atoms with Gasteiger partial charge in [-0.1, -0.05) is 6.07 Å². The first-order valence-corrected chi connectivity index (χ1v) is 4.89. The Bertz CT molecular complexity index is 452. The molecule has 8 heteroatoms. The molecule has 0 bridgehead atoms. The average Bonchev–Trinajstić information content (AvgIpc) is 2.27. The first-order valence-electron chi connectivity index (χ1n) is 4.89. The van der Waals surface area contributed by atoms with Crippen LogP contribution in [0.5, 0.6) is 0 Å². The molecule has 0 spiro atoms. The fourth-order valence-electron chi connectivity index (χ4n) is 1.30. The van der Waals surface area contributed by atoms with Crippen LogP contribution in [0.15, 0.2) is 18.2 Å². The van der Waals surface area contributed by atoms with Crippen molar-refractivity contribution in [3.05, 3.63) is 33.9 Å². The third-order valence-electron chi connectivity index (χ3n) is 2.34. The van der Waals surface area contributed by atoms with Gasteiger partial charge in [-0.25, -0.2) is 8.78 Å². The lowest BCUT2D eigenvalue weighted by Gasteiger charge is -2.17. The second-order valence-electron chi connectivity index (χ2n) is 3.62. The number of rotatable bonds is 5. The largest absolute Gasteiger partial charge is 0.378 e. The van der Waals surface area contributed by atoms with E-state index in [4.69, 9.17) is 0 Å². The van der Waals surface area contributed by atoms with Crippen molar-refractivity contribution in [2.75, 3.05) is 11.9 Å². The molecular formula is C10H10F4N2O2. The summed E-state index contributed by atoms with van der Waals surface area (Å²) in [5.74, 6) is -4.18. The highest BCUT2D eigenvalue weighted by Gasteiger charge is 2.40. The van der Waals surface area contributed by atoms with Gasteiger partial charge in [0.2, 0.25) is 0 Å². The van der Waals surface area contributed by atoms with Crippen molar-refractivity contribution < 1.29 is 22.5 Å². The van der Waals surface area contributed by atoms with Crippen LogP contribution in [0.2, 0.25) is 0 Å². The maximum Gasteiger partial charge on any atom is 0.324 e. The van der Waals surface area contributed by atoms with Gasteiger partial charge in [-0.3, -0.25) is 10.1 Å². The number of halogens is 4. The Kier molecular flexibility index (Phi) is 4.10. The van der Waals surface area contributed by atoms with E-state index in [2.05, 4.69) is 5.32 Å². The molecule has 4 nitrogen and oxygen atoms in total. The Hall–Kier alpha value is -1.86. The summed E-state index contributed by atoms with van der Waals surface area (Å²) in [6.07, 6.45) is -3.79. The van der Waals surface area contributed by atoms with Crippen molar-refractivity contribution in [3.63, 3.8) is 0 Å². The van der Waals surface area contributed by atoms with E-state index in [1.807, 2.05) is 0 Å². The highest BCUT2D eigenvalue weighted by molar-refractivity contribution is 5.59. The Morgan fingerprint density at radius 2 is 2.06 bits per heavy atom. The predicted molar refractivity (Wildman–Crippen MR) is 57.3 cm³/mol. The molecule has 18 heavy (non-hydrogen) atoms. The standard InChI is InChI=1S/C10H10F4N2O2/c1-6-7(3-2-4-8(6)16(17)18)15-5-10(13,14)9(11)12/h2-4,9,15H,5H2,1H3. The van der Waals surface area contributed by atoms with Crippen LogP contribution >= 0.6 is 0 Å². The molecule has 0 aromatic heterocycles. The second kappa shape index (κ2) is 5.19. The first-order chi connectivity index (χ1) is 8.25. The van der Waals surface area contributed by atoms with E-state index in [1.54, 1.807) is 0 Å². The number of benzene rings is 1. The zero-order chi connectivity index (χ0) is 13.9. The Morgan fingerprint density at radius 3 is 2.56 bits per heavy atom. The Morgan fingerprint density at radius 1 is 1.44 bits per heavy atom. The zero-order valence-electron chi connectivity index (χ0n) is 9.29. The third-order valence-corrected chi connectivity index (χ3v) is 2.34. The van der Waals surface area contributed by atoms with Crippen molar-refractivity contribution in [1.29, 1.82) is 0 Å². The van der Waals surface area contributed by atoms with Gasteiger partial charge in [-0.05, 0) is 13.0 Å². The summed E-state index contributed by atoms with van der Waals surface area (Å²) in [5, 5.41) is 12.7. The van der Waals surface area contributed by atoms with Crippen LogP contribution in [-0.4, -0.2) is 23.8 Å². The Labute approximate surface area is 99.8 Å². The zero-order valence-corrected chi connectivity index (χ0v) is 9.29. The number of hydrogen-bond acceptors (Lipinski definition) is 3. The third kappa shape index (κ3) is 3.08. The Balaban J connectivity index is 2.87. The summed E-state index contributed by atoms with van der Waals surface area (Å²) in [5.41, 5.74) is -0.113. The van der Waals surface area contributed by atoms with E-state index in [0.29, 0.717) is 0 Å². The molecule has 1 aromatic rings. The number of hydrogen-bond donors (Lipinski definition) is 1. The molecule has 0 fully saturated rings. The molecule has 0 aliphatic carbocycles. The van der Waals surface area contributed by atoms with Crippen LogP contribution in [-0.2, 0) is 0 Å². The highest BCUT2D eigenvalue weighted by Crippen LogP contribution is 2.28. The molecule has 1 aromatic carbocycles. The predicted octanol–water partition coefficient (Wildman–Crippen LogP) is 3.22.